The molecule has 3 rings (SSSR count). The van der Waals surface area contributed by atoms with Gasteiger partial charge in [0.15, 0.2) is 11.5 Å². The summed E-state index contributed by atoms with van der Waals surface area (Å²) in [5.41, 5.74) is 2.67. The molecule has 22 heavy (non-hydrogen) atoms. The third kappa shape index (κ3) is 2.69. The number of esters is 1. The highest BCUT2D eigenvalue weighted by Gasteiger charge is 2.16. The molecule has 0 aliphatic heterocycles. The fourth-order valence-electron chi connectivity index (χ4n) is 2.19. The maximum absolute atomic E-state index is 11.2. The van der Waals surface area contributed by atoms with E-state index in [-0.39, 0.29) is 0 Å². The molecule has 5 nitrogen and oxygen atoms in total. The van der Waals surface area contributed by atoms with Gasteiger partial charge in [0.25, 0.3) is 0 Å². The van der Waals surface area contributed by atoms with Crippen LogP contribution in [0.4, 0.5) is 0 Å². The second kappa shape index (κ2) is 5.81. The number of para-hydroxylation sites is 2. The number of fused-ring (bicyclic) bond motifs is 1. The highest BCUT2D eigenvalue weighted by atomic mass is 79.9. The summed E-state index contributed by atoms with van der Waals surface area (Å²) >= 11 is 3.41. The molecule has 1 N–H and O–H groups in total. The SMILES string of the molecule is COc1cc(-c2nc3ccccc3[nH]2)cc(Br)c1OC(C)=O. The van der Waals surface area contributed by atoms with Gasteiger partial charge < -0.3 is 14.5 Å². The Morgan fingerprint density at radius 1 is 1.27 bits per heavy atom. The van der Waals surface area contributed by atoms with Crippen LogP contribution in [0.5, 0.6) is 11.5 Å². The second-order valence-electron chi connectivity index (χ2n) is 4.69. The van der Waals surface area contributed by atoms with Crippen molar-refractivity contribution in [2.45, 2.75) is 6.92 Å². The lowest BCUT2D eigenvalue weighted by Crippen LogP contribution is -2.04. The molecule has 0 spiro atoms. The topological polar surface area (TPSA) is 64.2 Å². The maximum atomic E-state index is 11.2. The molecule has 0 saturated heterocycles. The average molecular weight is 361 g/mol. The molecule has 0 saturated carbocycles. The maximum Gasteiger partial charge on any atom is 0.308 e. The van der Waals surface area contributed by atoms with E-state index >= 15 is 0 Å². The molecular formula is C16H13BrN2O3. The first-order chi connectivity index (χ1) is 10.6. The first-order valence-electron chi connectivity index (χ1n) is 6.59. The van der Waals surface area contributed by atoms with Crippen LogP contribution >= 0.6 is 15.9 Å². The third-order valence-corrected chi connectivity index (χ3v) is 3.73. The van der Waals surface area contributed by atoms with E-state index in [1.165, 1.54) is 14.0 Å². The van der Waals surface area contributed by atoms with Gasteiger partial charge in [-0.1, -0.05) is 12.1 Å². The number of aromatic nitrogens is 2. The summed E-state index contributed by atoms with van der Waals surface area (Å²) in [5.74, 6) is 1.12. The van der Waals surface area contributed by atoms with Crippen molar-refractivity contribution >= 4 is 32.9 Å². The van der Waals surface area contributed by atoms with E-state index in [0.29, 0.717) is 16.0 Å². The number of carbonyl (C=O) groups is 1. The van der Waals surface area contributed by atoms with Crippen LogP contribution in [0.2, 0.25) is 0 Å². The predicted octanol–water partition coefficient (Wildman–Crippen LogP) is 3.93. The molecule has 0 unspecified atom stereocenters. The number of nitrogens with one attached hydrogen (secondary N) is 1. The first-order valence-corrected chi connectivity index (χ1v) is 7.39. The van der Waals surface area contributed by atoms with Crippen LogP contribution < -0.4 is 9.47 Å². The lowest BCUT2D eigenvalue weighted by atomic mass is 10.2. The highest BCUT2D eigenvalue weighted by Crippen LogP contribution is 2.39. The Morgan fingerprint density at radius 2 is 2.05 bits per heavy atom. The molecule has 1 aromatic heterocycles. The van der Waals surface area contributed by atoms with E-state index in [1.807, 2.05) is 30.3 Å². The van der Waals surface area contributed by atoms with E-state index in [0.717, 1.165) is 22.4 Å². The molecule has 6 heteroatoms. The van der Waals surface area contributed by atoms with Gasteiger partial charge in [0, 0.05) is 12.5 Å². The van der Waals surface area contributed by atoms with Crippen molar-refractivity contribution in [1.29, 1.82) is 0 Å². The number of methoxy groups -OCH3 is 1. The number of imidazole rings is 1. The van der Waals surface area contributed by atoms with Gasteiger partial charge in [-0.05, 0) is 40.2 Å². The molecule has 0 radical (unpaired) electrons. The summed E-state index contributed by atoms with van der Waals surface area (Å²) in [6, 6.07) is 11.4. The minimum absolute atomic E-state index is 0.356. The van der Waals surface area contributed by atoms with Gasteiger partial charge >= 0.3 is 5.97 Å². The Kier molecular flexibility index (Phi) is 3.85. The van der Waals surface area contributed by atoms with E-state index in [4.69, 9.17) is 9.47 Å². The van der Waals surface area contributed by atoms with Crippen molar-refractivity contribution in [3.05, 3.63) is 40.9 Å². The van der Waals surface area contributed by atoms with Crippen LogP contribution in [0.15, 0.2) is 40.9 Å². The van der Waals surface area contributed by atoms with Crippen molar-refractivity contribution in [2.75, 3.05) is 7.11 Å². The van der Waals surface area contributed by atoms with Crippen LogP contribution in [-0.4, -0.2) is 23.0 Å². The monoisotopic (exact) mass is 360 g/mol. The molecule has 0 amide bonds. The molecule has 0 aliphatic rings. The molecular weight excluding hydrogens is 348 g/mol. The molecule has 112 valence electrons. The number of hydrogen-bond donors (Lipinski definition) is 1. The summed E-state index contributed by atoms with van der Waals surface area (Å²) < 4.78 is 11.1. The van der Waals surface area contributed by atoms with E-state index in [9.17, 15) is 4.79 Å². The van der Waals surface area contributed by atoms with Crippen LogP contribution in [-0.2, 0) is 4.79 Å². The standard InChI is InChI=1S/C16H13BrN2O3/c1-9(20)22-15-11(17)7-10(8-14(15)21-2)16-18-12-5-3-4-6-13(12)19-16/h3-8H,1-2H3,(H,18,19). The number of rotatable bonds is 3. The number of aromatic amines is 1. The van der Waals surface area contributed by atoms with Gasteiger partial charge in [0.2, 0.25) is 0 Å². The van der Waals surface area contributed by atoms with E-state index < -0.39 is 5.97 Å². The van der Waals surface area contributed by atoms with Crippen LogP contribution in [0.25, 0.3) is 22.4 Å². The molecule has 2 aromatic carbocycles. The molecule has 3 aromatic rings. The molecule has 0 fully saturated rings. The van der Waals surface area contributed by atoms with Gasteiger partial charge in [0.1, 0.15) is 5.82 Å². The molecule has 1 heterocycles. The van der Waals surface area contributed by atoms with Gasteiger partial charge in [-0.25, -0.2) is 4.98 Å². The van der Waals surface area contributed by atoms with Crippen molar-refractivity contribution in [2.24, 2.45) is 0 Å². The summed E-state index contributed by atoms with van der Waals surface area (Å²) in [4.78, 5) is 19.0. The van der Waals surface area contributed by atoms with Gasteiger partial charge in [0.05, 0.1) is 22.6 Å². The number of benzene rings is 2. The van der Waals surface area contributed by atoms with Crippen LogP contribution in [0.1, 0.15) is 6.92 Å². The minimum Gasteiger partial charge on any atom is -0.493 e. The van der Waals surface area contributed by atoms with Gasteiger partial charge in [-0.15, -0.1) is 0 Å². The number of carbonyl (C=O) groups excluding carboxylic acids is 1. The Balaban J connectivity index is 2.11. The lowest BCUT2D eigenvalue weighted by Gasteiger charge is -2.11. The first kappa shape index (κ1) is 14.6. The Bertz CT molecular complexity index is 825. The summed E-state index contributed by atoms with van der Waals surface area (Å²) in [5, 5.41) is 0. The number of hydrogen-bond acceptors (Lipinski definition) is 4. The zero-order chi connectivity index (χ0) is 15.7. The number of H-pyrrole nitrogens is 1. The van der Waals surface area contributed by atoms with E-state index in [1.54, 1.807) is 6.07 Å². The zero-order valence-electron chi connectivity index (χ0n) is 12.0. The van der Waals surface area contributed by atoms with E-state index in [2.05, 4.69) is 25.9 Å². The Morgan fingerprint density at radius 3 is 2.73 bits per heavy atom. The molecule has 0 atom stereocenters. The normalized spacial score (nSPS) is 10.7. The smallest absolute Gasteiger partial charge is 0.308 e. The van der Waals surface area contributed by atoms with Crippen LogP contribution in [0.3, 0.4) is 0 Å². The lowest BCUT2D eigenvalue weighted by molar-refractivity contribution is -0.132. The predicted molar refractivity (Wildman–Crippen MR) is 87.1 cm³/mol. The van der Waals surface area contributed by atoms with Gasteiger partial charge in [-0.2, -0.15) is 0 Å². The number of halogens is 1. The summed E-state index contributed by atoms with van der Waals surface area (Å²) in [6.07, 6.45) is 0. The summed E-state index contributed by atoms with van der Waals surface area (Å²) in [6.45, 7) is 1.35. The number of ether oxygens (including phenoxy) is 2. The fourth-order valence-corrected chi connectivity index (χ4v) is 2.71. The van der Waals surface area contributed by atoms with Crippen molar-refractivity contribution in [3.63, 3.8) is 0 Å². The zero-order valence-corrected chi connectivity index (χ0v) is 13.6. The molecule has 0 bridgehead atoms. The number of nitrogens with zero attached hydrogens (tertiary/aromatic N) is 1. The minimum atomic E-state index is -0.407. The average Bonchev–Trinajstić information content (AvgIpc) is 2.92. The fraction of sp³-hybridized carbons (Fsp3) is 0.125. The van der Waals surface area contributed by atoms with Crippen LogP contribution in [0, 0.1) is 0 Å². The van der Waals surface area contributed by atoms with Gasteiger partial charge in [-0.3, -0.25) is 4.79 Å². The summed E-state index contributed by atoms with van der Waals surface area (Å²) in [7, 11) is 1.52. The Labute approximate surface area is 135 Å². The van der Waals surface area contributed by atoms with Crippen molar-refractivity contribution < 1.29 is 14.3 Å². The Hall–Kier alpha value is -2.34. The van der Waals surface area contributed by atoms with Crippen molar-refractivity contribution in [1.82, 2.24) is 9.97 Å². The molecule has 0 aliphatic carbocycles. The largest absolute Gasteiger partial charge is 0.493 e. The third-order valence-electron chi connectivity index (χ3n) is 3.14. The highest BCUT2D eigenvalue weighted by molar-refractivity contribution is 9.10. The second-order valence-corrected chi connectivity index (χ2v) is 5.54. The quantitative estimate of drug-likeness (QED) is 0.567. The van der Waals surface area contributed by atoms with Crippen molar-refractivity contribution in [3.8, 4) is 22.9 Å².